The van der Waals surface area contributed by atoms with Crippen LogP contribution < -0.4 is 0 Å². The first-order chi connectivity index (χ1) is 10.7. The maximum atomic E-state index is 12.7. The monoisotopic (exact) mass is 297 g/mol. The van der Waals surface area contributed by atoms with Gasteiger partial charge in [0.15, 0.2) is 0 Å². The second kappa shape index (κ2) is 5.19. The lowest BCUT2D eigenvalue weighted by Crippen LogP contribution is -2.31. The van der Waals surface area contributed by atoms with E-state index in [1.165, 1.54) is 12.8 Å². The smallest absolute Gasteiger partial charge is 0.257 e. The van der Waals surface area contributed by atoms with Gasteiger partial charge in [0.2, 0.25) is 0 Å². The molecule has 6 heteroatoms. The van der Waals surface area contributed by atoms with E-state index in [4.69, 9.17) is 0 Å². The molecule has 1 atom stereocenters. The molecular formula is C16H19N5O. The Morgan fingerprint density at radius 2 is 1.95 bits per heavy atom. The van der Waals surface area contributed by atoms with Crippen molar-refractivity contribution in [2.24, 2.45) is 0 Å². The van der Waals surface area contributed by atoms with E-state index in [9.17, 15) is 4.79 Å². The van der Waals surface area contributed by atoms with Crippen LogP contribution >= 0.6 is 0 Å². The summed E-state index contributed by atoms with van der Waals surface area (Å²) in [6.07, 6.45) is 9.43. The summed E-state index contributed by atoms with van der Waals surface area (Å²) < 4.78 is 0. The summed E-state index contributed by atoms with van der Waals surface area (Å²) in [5, 5.41) is 0. The summed E-state index contributed by atoms with van der Waals surface area (Å²) in [5.41, 5.74) is 1.59. The van der Waals surface area contributed by atoms with Crippen LogP contribution in [0, 0.1) is 6.92 Å². The third-order valence-corrected chi connectivity index (χ3v) is 4.41. The molecule has 1 amide bonds. The van der Waals surface area contributed by atoms with E-state index >= 15 is 0 Å². The van der Waals surface area contributed by atoms with Crippen LogP contribution in [-0.2, 0) is 0 Å². The molecule has 2 aliphatic rings. The van der Waals surface area contributed by atoms with E-state index in [0.29, 0.717) is 11.5 Å². The number of likely N-dealkylation sites (tertiary alicyclic amines) is 1. The Morgan fingerprint density at radius 1 is 1.18 bits per heavy atom. The van der Waals surface area contributed by atoms with Gasteiger partial charge < -0.3 is 9.88 Å². The number of H-pyrrole nitrogens is 1. The molecule has 0 aromatic carbocycles. The molecule has 2 aromatic rings. The van der Waals surface area contributed by atoms with Crippen molar-refractivity contribution < 1.29 is 4.79 Å². The highest BCUT2D eigenvalue weighted by molar-refractivity contribution is 5.94. The lowest BCUT2D eigenvalue weighted by atomic mass is 10.2. The Labute approximate surface area is 129 Å². The molecular weight excluding hydrogens is 278 g/mol. The number of imidazole rings is 1. The first-order valence-corrected chi connectivity index (χ1v) is 7.87. The van der Waals surface area contributed by atoms with Crippen LogP contribution in [0.25, 0.3) is 0 Å². The second-order valence-corrected chi connectivity index (χ2v) is 6.21. The average Bonchev–Trinajstić information content (AvgIpc) is 3.11. The molecule has 4 rings (SSSR count). The molecule has 3 heterocycles. The fraction of sp³-hybridized carbons (Fsp3) is 0.500. The van der Waals surface area contributed by atoms with Gasteiger partial charge in [-0.25, -0.2) is 15.0 Å². The molecule has 0 spiro atoms. The normalized spacial score (nSPS) is 21.3. The van der Waals surface area contributed by atoms with Crippen LogP contribution in [0.5, 0.6) is 0 Å². The highest BCUT2D eigenvalue weighted by Crippen LogP contribution is 2.37. The predicted octanol–water partition coefficient (Wildman–Crippen LogP) is 2.36. The van der Waals surface area contributed by atoms with Crippen LogP contribution in [-0.4, -0.2) is 37.3 Å². The SMILES string of the molecule is Cc1cnc(C2CCCN2C(=O)c2cnc(C3CC3)nc2)[nH]1. The van der Waals surface area contributed by atoms with Crippen molar-refractivity contribution in [3.8, 4) is 0 Å². The molecule has 0 radical (unpaired) electrons. The third kappa shape index (κ3) is 2.38. The van der Waals surface area contributed by atoms with Gasteiger partial charge in [-0.2, -0.15) is 0 Å². The molecule has 22 heavy (non-hydrogen) atoms. The minimum atomic E-state index is -0.00102. The number of nitrogens with zero attached hydrogens (tertiary/aromatic N) is 4. The lowest BCUT2D eigenvalue weighted by molar-refractivity contribution is 0.0729. The molecule has 1 aliphatic carbocycles. The van der Waals surface area contributed by atoms with Gasteiger partial charge in [-0.05, 0) is 32.6 Å². The van der Waals surface area contributed by atoms with Crippen molar-refractivity contribution in [3.63, 3.8) is 0 Å². The zero-order valence-corrected chi connectivity index (χ0v) is 12.6. The number of aromatic nitrogens is 4. The van der Waals surface area contributed by atoms with E-state index < -0.39 is 0 Å². The number of aryl methyl sites for hydroxylation is 1. The molecule has 1 unspecified atom stereocenters. The summed E-state index contributed by atoms with van der Waals surface area (Å²) in [5.74, 6) is 2.25. The van der Waals surface area contributed by atoms with Gasteiger partial charge in [0, 0.05) is 36.7 Å². The lowest BCUT2D eigenvalue weighted by Gasteiger charge is -2.23. The van der Waals surface area contributed by atoms with Crippen molar-refractivity contribution >= 4 is 5.91 Å². The van der Waals surface area contributed by atoms with Crippen LogP contribution in [0.4, 0.5) is 0 Å². The number of aromatic amines is 1. The predicted molar refractivity (Wildman–Crippen MR) is 80.3 cm³/mol. The van der Waals surface area contributed by atoms with Crippen molar-refractivity contribution in [3.05, 3.63) is 41.5 Å². The molecule has 6 nitrogen and oxygen atoms in total. The minimum Gasteiger partial charge on any atom is -0.344 e. The molecule has 0 bridgehead atoms. The summed E-state index contributed by atoms with van der Waals surface area (Å²) in [4.78, 5) is 31.0. The molecule has 1 N–H and O–H groups in total. The molecule has 2 fully saturated rings. The van der Waals surface area contributed by atoms with Gasteiger partial charge >= 0.3 is 0 Å². The molecule has 1 saturated carbocycles. The molecule has 114 valence electrons. The first-order valence-electron chi connectivity index (χ1n) is 7.87. The fourth-order valence-corrected chi connectivity index (χ4v) is 3.06. The van der Waals surface area contributed by atoms with Gasteiger partial charge in [-0.15, -0.1) is 0 Å². The number of amides is 1. The number of hydrogen-bond donors (Lipinski definition) is 1. The average molecular weight is 297 g/mol. The summed E-state index contributed by atoms with van der Waals surface area (Å²) >= 11 is 0. The number of carbonyl (C=O) groups is 1. The zero-order chi connectivity index (χ0) is 15.1. The maximum Gasteiger partial charge on any atom is 0.257 e. The first kappa shape index (κ1) is 13.4. The van der Waals surface area contributed by atoms with Crippen LogP contribution in [0.3, 0.4) is 0 Å². The van der Waals surface area contributed by atoms with Gasteiger partial charge in [-0.1, -0.05) is 0 Å². The number of carbonyl (C=O) groups excluding carboxylic acids is 1. The fourth-order valence-electron chi connectivity index (χ4n) is 3.06. The summed E-state index contributed by atoms with van der Waals surface area (Å²) in [7, 11) is 0. The van der Waals surface area contributed by atoms with Crippen LogP contribution in [0.2, 0.25) is 0 Å². The van der Waals surface area contributed by atoms with Crippen molar-refractivity contribution in [2.75, 3.05) is 6.54 Å². The Morgan fingerprint density at radius 3 is 2.59 bits per heavy atom. The van der Waals surface area contributed by atoms with Gasteiger partial charge in [-0.3, -0.25) is 4.79 Å². The molecule has 2 aromatic heterocycles. The van der Waals surface area contributed by atoms with E-state index in [1.54, 1.807) is 12.4 Å². The summed E-state index contributed by atoms with van der Waals surface area (Å²) in [6, 6.07) is 0.0318. The largest absolute Gasteiger partial charge is 0.344 e. The van der Waals surface area contributed by atoms with E-state index in [1.807, 2.05) is 18.0 Å². The molecule has 1 saturated heterocycles. The van der Waals surface area contributed by atoms with Gasteiger partial charge in [0.25, 0.3) is 5.91 Å². The Hall–Kier alpha value is -2.24. The van der Waals surface area contributed by atoms with E-state index in [0.717, 1.165) is 36.7 Å². The number of rotatable bonds is 3. The Bertz CT molecular complexity index is 689. The molecule has 1 aliphatic heterocycles. The van der Waals surface area contributed by atoms with Gasteiger partial charge in [0.1, 0.15) is 11.6 Å². The Balaban J connectivity index is 1.55. The highest BCUT2D eigenvalue weighted by atomic mass is 16.2. The quantitative estimate of drug-likeness (QED) is 0.943. The van der Waals surface area contributed by atoms with Crippen LogP contribution in [0.15, 0.2) is 18.6 Å². The highest BCUT2D eigenvalue weighted by Gasteiger charge is 2.33. The second-order valence-electron chi connectivity index (χ2n) is 6.21. The maximum absolute atomic E-state index is 12.7. The zero-order valence-electron chi connectivity index (χ0n) is 12.6. The number of hydrogen-bond acceptors (Lipinski definition) is 4. The minimum absolute atomic E-state index is 0.00102. The van der Waals surface area contributed by atoms with Crippen molar-refractivity contribution in [1.29, 1.82) is 0 Å². The third-order valence-electron chi connectivity index (χ3n) is 4.41. The van der Waals surface area contributed by atoms with Crippen molar-refractivity contribution in [2.45, 2.75) is 44.6 Å². The number of nitrogens with one attached hydrogen (secondary N) is 1. The Kier molecular flexibility index (Phi) is 3.17. The van der Waals surface area contributed by atoms with Gasteiger partial charge in [0.05, 0.1) is 11.6 Å². The van der Waals surface area contributed by atoms with E-state index in [-0.39, 0.29) is 11.9 Å². The topological polar surface area (TPSA) is 74.8 Å². The van der Waals surface area contributed by atoms with Crippen LogP contribution in [0.1, 0.15) is 65.3 Å². The summed E-state index contributed by atoms with van der Waals surface area (Å²) in [6.45, 7) is 2.73. The van der Waals surface area contributed by atoms with E-state index in [2.05, 4.69) is 19.9 Å². The van der Waals surface area contributed by atoms with Crippen molar-refractivity contribution in [1.82, 2.24) is 24.8 Å². The standard InChI is InChI=1S/C16H19N5O/c1-10-7-17-15(20-10)13-3-2-6-21(13)16(22)12-8-18-14(19-9-12)11-4-5-11/h7-9,11,13H,2-6H2,1H3,(H,17,20).